The van der Waals surface area contributed by atoms with Crippen LogP contribution in [0.15, 0.2) is 0 Å². The summed E-state index contributed by atoms with van der Waals surface area (Å²) in [7, 11) is 0. The van der Waals surface area contributed by atoms with E-state index in [1.165, 1.54) is 0 Å². The monoisotopic (exact) mass is 175 g/mol. The van der Waals surface area contributed by atoms with Crippen LogP contribution in [0.25, 0.3) is 0 Å². The van der Waals surface area contributed by atoms with E-state index in [1.54, 1.807) is 0 Å². The maximum Gasteiger partial charge on any atom is 0.0897 e. The summed E-state index contributed by atoms with van der Waals surface area (Å²) in [5, 5.41) is 12.4. The fraction of sp³-hybridized carbons (Fsp3) is 1.00. The first-order valence-corrected chi connectivity index (χ1v) is 4.77. The lowest BCUT2D eigenvalue weighted by Gasteiger charge is -2.10. The van der Waals surface area contributed by atoms with E-state index in [0.29, 0.717) is 13.2 Å². The third kappa shape index (κ3) is 7.98. The molecular formula is C9H21NO2. The highest BCUT2D eigenvalue weighted by Crippen LogP contribution is 1.89. The van der Waals surface area contributed by atoms with Crippen molar-refractivity contribution in [1.29, 1.82) is 0 Å². The van der Waals surface area contributed by atoms with Gasteiger partial charge in [0.2, 0.25) is 0 Å². The molecule has 0 spiro atoms. The number of rotatable bonds is 8. The summed E-state index contributed by atoms with van der Waals surface area (Å²) < 4.78 is 5.24. The second-order valence-corrected chi connectivity index (χ2v) is 2.89. The van der Waals surface area contributed by atoms with E-state index < -0.39 is 0 Å². The SMILES string of the molecule is CCCCOCC(O)CNCC. The van der Waals surface area contributed by atoms with Crippen molar-refractivity contribution in [3.63, 3.8) is 0 Å². The molecule has 2 N–H and O–H groups in total. The quantitative estimate of drug-likeness (QED) is 0.535. The van der Waals surface area contributed by atoms with Gasteiger partial charge in [-0.05, 0) is 13.0 Å². The lowest BCUT2D eigenvalue weighted by Crippen LogP contribution is -2.30. The molecule has 1 unspecified atom stereocenters. The Labute approximate surface area is 75.1 Å². The third-order valence-electron chi connectivity index (χ3n) is 1.58. The molecule has 0 radical (unpaired) electrons. The summed E-state index contributed by atoms with van der Waals surface area (Å²) in [6.45, 7) is 6.88. The van der Waals surface area contributed by atoms with Gasteiger partial charge in [0.1, 0.15) is 0 Å². The van der Waals surface area contributed by atoms with Gasteiger partial charge in [-0.2, -0.15) is 0 Å². The van der Waals surface area contributed by atoms with Crippen molar-refractivity contribution in [2.45, 2.75) is 32.8 Å². The van der Waals surface area contributed by atoms with Crippen LogP contribution in [-0.2, 0) is 4.74 Å². The smallest absolute Gasteiger partial charge is 0.0897 e. The Hall–Kier alpha value is -0.120. The van der Waals surface area contributed by atoms with Crippen molar-refractivity contribution >= 4 is 0 Å². The summed E-state index contributed by atoms with van der Waals surface area (Å²) >= 11 is 0. The standard InChI is InChI=1S/C9H21NO2/c1-3-5-6-12-8-9(11)7-10-4-2/h9-11H,3-8H2,1-2H3. The van der Waals surface area contributed by atoms with Gasteiger partial charge in [0.05, 0.1) is 12.7 Å². The van der Waals surface area contributed by atoms with Crippen LogP contribution in [0.3, 0.4) is 0 Å². The van der Waals surface area contributed by atoms with E-state index in [1.807, 2.05) is 6.92 Å². The van der Waals surface area contributed by atoms with Gasteiger partial charge < -0.3 is 15.2 Å². The number of unbranched alkanes of at least 4 members (excludes halogenated alkanes) is 1. The highest BCUT2D eigenvalue weighted by Gasteiger charge is 2.01. The van der Waals surface area contributed by atoms with E-state index in [9.17, 15) is 5.11 Å². The molecule has 0 aromatic carbocycles. The molecule has 0 amide bonds. The number of aliphatic hydroxyl groups is 1. The molecule has 0 saturated carbocycles. The van der Waals surface area contributed by atoms with Crippen LogP contribution < -0.4 is 5.32 Å². The zero-order valence-electron chi connectivity index (χ0n) is 8.18. The van der Waals surface area contributed by atoms with Gasteiger partial charge in [-0.1, -0.05) is 20.3 Å². The van der Waals surface area contributed by atoms with Crippen LogP contribution >= 0.6 is 0 Å². The zero-order valence-corrected chi connectivity index (χ0v) is 8.18. The van der Waals surface area contributed by atoms with Crippen LogP contribution in [0.2, 0.25) is 0 Å². The van der Waals surface area contributed by atoms with Gasteiger partial charge >= 0.3 is 0 Å². The number of nitrogens with one attached hydrogen (secondary N) is 1. The average Bonchev–Trinajstić information content (AvgIpc) is 2.09. The van der Waals surface area contributed by atoms with E-state index in [4.69, 9.17) is 4.74 Å². The summed E-state index contributed by atoms with van der Waals surface area (Å²) in [6, 6.07) is 0. The predicted molar refractivity (Wildman–Crippen MR) is 50.3 cm³/mol. The van der Waals surface area contributed by atoms with Gasteiger partial charge in [0.25, 0.3) is 0 Å². The molecule has 0 aromatic rings. The van der Waals surface area contributed by atoms with Crippen LogP contribution in [0.5, 0.6) is 0 Å². The topological polar surface area (TPSA) is 41.5 Å². The second-order valence-electron chi connectivity index (χ2n) is 2.89. The van der Waals surface area contributed by atoms with E-state index in [2.05, 4.69) is 12.2 Å². The van der Waals surface area contributed by atoms with Crippen LogP contribution in [0.1, 0.15) is 26.7 Å². The summed E-state index contributed by atoms with van der Waals surface area (Å²) in [5.41, 5.74) is 0. The summed E-state index contributed by atoms with van der Waals surface area (Å²) in [6.07, 6.45) is 1.86. The Morgan fingerprint density at radius 1 is 1.42 bits per heavy atom. The van der Waals surface area contributed by atoms with E-state index in [-0.39, 0.29) is 6.10 Å². The molecule has 0 aromatic heterocycles. The Kier molecular flexibility index (Phi) is 8.88. The van der Waals surface area contributed by atoms with Gasteiger partial charge in [0, 0.05) is 13.2 Å². The largest absolute Gasteiger partial charge is 0.389 e. The molecule has 0 heterocycles. The van der Waals surface area contributed by atoms with E-state index >= 15 is 0 Å². The van der Waals surface area contributed by atoms with Crippen molar-refractivity contribution in [3.05, 3.63) is 0 Å². The lowest BCUT2D eigenvalue weighted by molar-refractivity contribution is 0.0362. The first kappa shape index (κ1) is 11.9. The van der Waals surface area contributed by atoms with Crippen molar-refractivity contribution in [1.82, 2.24) is 5.32 Å². The maximum atomic E-state index is 9.29. The van der Waals surface area contributed by atoms with E-state index in [0.717, 1.165) is 26.0 Å². The highest BCUT2D eigenvalue weighted by molar-refractivity contribution is 4.56. The first-order chi connectivity index (χ1) is 5.81. The molecular weight excluding hydrogens is 154 g/mol. The minimum atomic E-state index is -0.359. The molecule has 1 atom stereocenters. The Morgan fingerprint density at radius 3 is 2.75 bits per heavy atom. The fourth-order valence-corrected chi connectivity index (χ4v) is 0.836. The molecule has 3 nitrogen and oxygen atoms in total. The number of hydrogen-bond acceptors (Lipinski definition) is 3. The molecule has 0 saturated heterocycles. The van der Waals surface area contributed by atoms with Crippen molar-refractivity contribution in [2.24, 2.45) is 0 Å². The fourth-order valence-electron chi connectivity index (χ4n) is 0.836. The Morgan fingerprint density at radius 2 is 2.17 bits per heavy atom. The Balaban J connectivity index is 3.02. The molecule has 0 bridgehead atoms. The van der Waals surface area contributed by atoms with Gasteiger partial charge in [-0.15, -0.1) is 0 Å². The van der Waals surface area contributed by atoms with Gasteiger partial charge in [0.15, 0.2) is 0 Å². The minimum Gasteiger partial charge on any atom is -0.389 e. The van der Waals surface area contributed by atoms with Crippen molar-refractivity contribution < 1.29 is 9.84 Å². The summed E-state index contributed by atoms with van der Waals surface area (Å²) in [4.78, 5) is 0. The van der Waals surface area contributed by atoms with Crippen molar-refractivity contribution in [2.75, 3.05) is 26.3 Å². The van der Waals surface area contributed by atoms with Crippen molar-refractivity contribution in [3.8, 4) is 0 Å². The molecule has 0 aliphatic rings. The first-order valence-electron chi connectivity index (χ1n) is 4.77. The van der Waals surface area contributed by atoms with Crippen LogP contribution in [0, 0.1) is 0 Å². The summed E-state index contributed by atoms with van der Waals surface area (Å²) in [5.74, 6) is 0. The molecule has 74 valence electrons. The highest BCUT2D eigenvalue weighted by atomic mass is 16.5. The normalized spacial score (nSPS) is 13.2. The third-order valence-corrected chi connectivity index (χ3v) is 1.58. The number of hydrogen-bond donors (Lipinski definition) is 2. The second kappa shape index (κ2) is 8.97. The zero-order chi connectivity index (χ0) is 9.23. The molecule has 3 heteroatoms. The molecule has 0 aliphatic heterocycles. The molecule has 0 aliphatic carbocycles. The predicted octanol–water partition coefficient (Wildman–Crippen LogP) is 0.773. The molecule has 12 heavy (non-hydrogen) atoms. The number of likely N-dealkylation sites (N-methyl/N-ethyl adjacent to an activating group) is 1. The van der Waals surface area contributed by atoms with Crippen LogP contribution in [-0.4, -0.2) is 37.5 Å². The average molecular weight is 175 g/mol. The molecule has 0 fully saturated rings. The van der Waals surface area contributed by atoms with Crippen LogP contribution in [0.4, 0.5) is 0 Å². The number of ether oxygens (including phenoxy) is 1. The Bertz CT molecular complexity index is 88.6. The maximum absolute atomic E-state index is 9.29. The van der Waals surface area contributed by atoms with Gasteiger partial charge in [-0.25, -0.2) is 0 Å². The van der Waals surface area contributed by atoms with Gasteiger partial charge in [-0.3, -0.25) is 0 Å². The molecule has 0 rings (SSSR count). The lowest BCUT2D eigenvalue weighted by atomic mass is 10.3. The minimum absolute atomic E-state index is 0.359. The number of aliphatic hydroxyl groups excluding tert-OH is 1.